The number of hydrogen-bond donors (Lipinski definition) is 2. The zero-order chi connectivity index (χ0) is 18.5. The number of benzene rings is 1. The third-order valence-electron chi connectivity index (χ3n) is 5.11. The summed E-state index contributed by atoms with van der Waals surface area (Å²) in [5.74, 6) is 0.432. The van der Waals surface area contributed by atoms with Crippen LogP contribution < -0.4 is 5.32 Å². The van der Waals surface area contributed by atoms with Gasteiger partial charge in [-0.05, 0) is 38.2 Å². The maximum Gasteiger partial charge on any atom is 0.257 e. The first kappa shape index (κ1) is 18.2. The smallest absolute Gasteiger partial charge is 0.257 e. The van der Waals surface area contributed by atoms with Crippen molar-refractivity contribution in [3.05, 3.63) is 53.3 Å². The minimum atomic E-state index is 0.00873. The van der Waals surface area contributed by atoms with Gasteiger partial charge in [0, 0.05) is 25.2 Å². The van der Waals surface area contributed by atoms with Gasteiger partial charge >= 0.3 is 0 Å². The molecule has 138 valence electrons. The normalized spacial score (nSPS) is 16.3. The number of amides is 2. The number of hydrogen-bond acceptors (Lipinski definition) is 3. The minimum Gasteiger partial charge on any atom is -0.350 e. The highest BCUT2D eigenvalue weighted by Crippen LogP contribution is 2.23. The monoisotopic (exact) mass is 354 g/mol. The summed E-state index contributed by atoms with van der Waals surface area (Å²) in [4.78, 5) is 26.7. The molecule has 6 nitrogen and oxygen atoms in total. The molecule has 1 aliphatic rings. The second kappa shape index (κ2) is 8.17. The van der Waals surface area contributed by atoms with Crippen LogP contribution >= 0.6 is 0 Å². The van der Waals surface area contributed by atoms with Crippen molar-refractivity contribution >= 4 is 11.8 Å². The Hall–Kier alpha value is -2.63. The van der Waals surface area contributed by atoms with Gasteiger partial charge in [0.25, 0.3) is 5.91 Å². The van der Waals surface area contributed by atoms with Crippen LogP contribution in [0.25, 0.3) is 0 Å². The van der Waals surface area contributed by atoms with Crippen LogP contribution in [0.3, 0.4) is 0 Å². The number of H-pyrrole nitrogens is 1. The lowest BCUT2D eigenvalue weighted by Crippen LogP contribution is -2.40. The predicted octanol–water partition coefficient (Wildman–Crippen LogP) is 2.84. The SMILES string of the molecule is Cc1[nH]ncc1C(=O)N1CCC(CC(=O)NC(C)c2ccccc2)CC1. The fourth-order valence-corrected chi connectivity index (χ4v) is 3.46. The van der Waals surface area contributed by atoms with Gasteiger partial charge in [-0.2, -0.15) is 5.10 Å². The molecule has 6 heteroatoms. The number of piperidine rings is 1. The van der Waals surface area contributed by atoms with E-state index in [2.05, 4.69) is 15.5 Å². The quantitative estimate of drug-likeness (QED) is 0.867. The Morgan fingerprint density at radius 3 is 2.58 bits per heavy atom. The molecule has 1 atom stereocenters. The lowest BCUT2D eigenvalue weighted by atomic mass is 9.92. The van der Waals surface area contributed by atoms with Crippen molar-refractivity contribution in [2.45, 2.75) is 39.2 Å². The number of carbonyl (C=O) groups is 2. The number of rotatable bonds is 5. The van der Waals surface area contributed by atoms with Crippen LogP contribution in [-0.2, 0) is 4.79 Å². The van der Waals surface area contributed by atoms with E-state index >= 15 is 0 Å². The second-order valence-corrected chi connectivity index (χ2v) is 7.05. The topological polar surface area (TPSA) is 78.1 Å². The van der Waals surface area contributed by atoms with Gasteiger partial charge < -0.3 is 10.2 Å². The van der Waals surface area contributed by atoms with E-state index in [0.717, 1.165) is 24.1 Å². The van der Waals surface area contributed by atoms with Crippen LogP contribution in [0.5, 0.6) is 0 Å². The third kappa shape index (κ3) is 4.31. The van der Waals surface area contributed by atoms with Gasteiger partial charge in [-0.15, -0.1) is 0 Å². The lowest BCUT2D eigenvalue weighted by Gasteiger charge is -2.32. The molecule has 26 heavy (non-hydrogen) atoms. The van der Waals surface area contributed by atoms with Gasteiger partial charge in [0.15, 0.2) is 0 Å². The molecular weight excluding hydrogens is 328 g/mol. The second-order valence-electron chi connectivity index (χ2n) is 7.05. The zero-order valence-corrected chi connectivity index (χ0v) is 15.4. The number of nitrogens with one attached hydrogen (secondary N) is 2. The summed E-state index contributed by atoms with van der Waals surface area (Å²) in [5.41, 5.74) is 2.54. The van der Waals surface area contributed by atoms with Crippen molar-refractivity contribution in [2.24, 2.45) is 5.92 Å². The maximum absolute atomic E-state index is 12.5. The van der Waals surface area contributed by atoms with E-state index < -0.39 is 0 Å². The molecular formula is C20H26N4O2. The van der Waals surface area contributed by atoms with E-state index in [1.807, 2.05) is 49.1 Å². The summed E-state index contributed by atoms with van der Waals surface area (Å²) >= 11 is 0. The van der Waals surface area contributed by atoms with Crippen molar-refractivity contribution in [1.29, 1.82) is 0 Å². The van der Waals surface area contributed by atoms with Gasteiger partial charge in [0.1, 0.15) is 0 Å². The Kier molecular flexibility index (Phi) is 5.71. The summed E-state index contributed by atoms with van der Waals surface area (Å²) in [6.45, 7) is 5.23. The molecule has 1 aromatic carbocycles. The van der Waals surface area contributed by atoms with Crippen LogP contribution in [0.4, 0.5) is 0 Å². The molecule has 0 radical (unpaired) electrons. The molecule has 0 bridgehead atoms. The van der Waals surface area contributed by atoms with Gasteiger partial charge in [-0.3, -0.25) is 14.7 Å². The molecule has 1 aromatic heterocycles. The van der Waals surface area contributed by atoms with E-state index in [9.17, 15) is 9.59 Å². The van der Waals surface area contributed by atoms with Crippen molar-refractivity contribution in [2.75, 3.05) is 13.1 Å². The molecule has 2 amide bonds. The van der Waals surface area contributed by atoms with Crippen molar-refractivity contribution in [3.63, 3.8) is 0 Å². The van der Waals surface area contributed by atoms with Gasteiger partial charge in [-0.1, -0.05) is 30.3 Å². The fourth-order valence-electron chi connectivity index (χ4n) is 3.46. The first-order chi connectivity index (χ1) is 12.5. The van der Waals surface area contributed by atoms with Gasteiger partial charge in [0.05, 0.1) is 17.8 Å². The highest BCUT2D eigenvalue weighted by atomic mass is 16.2. The van der Waals surface area contributed by atoms with Crippen LogP contribution in [-0.4, -0.2) is 40.0 Å². The average Bonchev–Trinajstić information content (AvgIpc) is 3.08. The summed E-state index contributed by atoms with van der Waals surface area (Å²) in [6.07, 6.45) is 3.82. The molecule has 1 fully saturated rings. The third-order valence-corrected chi connectivity index (χ3v) is 5.11. The Bertz CT molecular complexity index is 748. The van der Waals surface area contributed by atoms with E-state index in [4.69, 9.17) is 0 Å². The number of likely N-dealkylation sites (tertiary alicyclic amines) is 1. The van der Waals surface area contributed by atoms with Crippen molar-refractivity contribution < 1.29 is 9.59 Å². The van der Waals surface area contributed by atoms with E-state index in [1.54, 1.807) is 6.20 Å². The molecule has 1 saturated heterocycles. The largest absolute Gasteiger partial charge is 0.350 e. The molecule has 2 heterocycles. The molecule has 1 unspecified atom stereocenters. The Morgan fingerprint density at radius 2 is 1.96 bits per heavy atom. The first-order valence-electron chi connectivity index (χ1n) is 9.18. The van der Waals surface area contributed by atoms with Crippen LogP contribution in [0.2, 0.25) is 0 Å². The number of aromatic amines is 1. The number of aromatic nitrogens is 2. The van der Waals surface area contributed by atoms with Crippen molar-refractivity contribution in [1.82, 2.24) is 20.4 Å². The number of carbonyl (C=O) groups excluding carboxylic acids is 2. The molecule has 0 spiro atoms. The van der Waals surface area contributed by atoms with Gasteiger partial charge in [-0.25, -0.2) is 0 Å². The molecule has 2 aromatic rings. The van der Waals surface area contributed by atoms with Crippen molar-refractivity contribution in [3.8, 4) is 0 Å². The summed E-state index contributed by atoms with van der Waals surface area (Å²) in [5, 5.41) is 9.80. The number of nitrogens with zero attached hydrogens (tertiary/aromatic N) is 2. The minimum absolute atomic E-state index is 0.00873. The van der Waals surface area contributed by atoms with E-state index in [1.165, 1.54) is 0 Å². The predicted molar refractivity (Wildman–Crippen MR) is 99.6 cm³/mol. The first-order valence-corrected chi connectivity index (χ1v) is 9.18. The van der Waals surface area contributed by atoms with Crippen LogP contribution in [0.1, 0.15) is 53.8 Å². The highest BCUT2D eigenvalue weighted by molar-refractivity contribution is 5.95. The Labute approximate surface area is 154 Å². The lowest BCUT2D eigenvalue weighted by molar-refractivity contribution is -0.122. The Morgan fingerprint density at radius 1 is 1.27 bits per heavy atom. The van der Waals surface area contributed by atoms with Gasteiger partial charge in [0.2, 0.25) is 5.91 Å². The fraction of sp³-hybridized carbons (Fsp3) is 0.450. The Balaban J connectivity index is 1.46. The molecule has 2 N–H and O–H groups in total. The maximum atomic E-state index is 12.5. The zero-order valence-electron chi connectivity index (χ0n) is 15.4. The number of aryl methyl sites for hydroxylation is 1. The standard InChI is InChI=1S/C20H26N4O2/c1-14(17-6-4-3-5-7-17)22-19(25)12-16-8-10-24(11-9-16)20(26)18-13-21-23-15(18)2/h3-7,13-14,16H,8-12H2,1-2H3,(H,21,23)(H,22,25). The molecule has 1 aliphatic heterocycles. The highest BCUT2D eigenvalue weighted by Gasteiger charge is 2.26. The van der Waals surface area contributed by atoms with Crippen LogP contribution in [0, 0.1) is 12.8 Å². The molecule has 3 rings (SSSR count). The summed E-state index contributed by atoms with van der Waals surface area (Å²) in [7, 11) is 0. The summed E-state index contributed by atoms with van der Waals surface area (Å²) in [6, 6.07) is 9.98. The average molecular weight is 354 g/mol. The van der Waals surface area contributed by atoms with E-state index in [-0.39, 0.29) is 17.9 Å². The van der Waals surface area contributed by atoms with Crippen LogP contribution in [0.15, 0.2) is 36.5 Å². The molecule has 0 aliphatic carbocycles. The molecule has 0 saturated carbocycles. The van der Waals surface area contributed by atoms with E-state index in [0.29, 0.717) is 31.0 Å². The summed E-state index contributed by atoms with van der Waals surface area (Å²) < 4.78 is 0.